The van der Waals surface area contributed by atoms with Crippen molar-refractivity contribution in [3.8, 4) is 11.1 Å². The summed E-state index contributed by atoms with van der Waals surface area (Å²) in [7, 11) is 0. The van der Waals surface area contributed by atoms with Crippen LogP contribution in [-0.2, 0) is 4.74 Å². The fourth-order valence-electron chi connectivity index (χ4n) is 3.20. The number of hydrogen-bond donors (Lipinski definition) is 2. The van der Waals surface area contributed by atoms with E-state index in [4.69, 9.17) is 4.74 Å². The van der Waals surface area contributed by atoms with Crippen molar-refractivity contribution < 1.29 is 19.4 Å². The number of pyridine rings is 1. The van der Waals surface area contributed by atoms with Gasteiger partial charge in [0.15, 0.2) is 0 Å². The standard InChI is InChI=1S/C23H18N2O4/c26-22(19-10-18(12-24-13-19)15-4-2-1-3-5-15)25-21-11-16(17-8-9-29-14-17)6-7-20(21)23(27)28/h1-13,17H,14H2,(H,25,26)(H,27,28). The van der Waals surface area contributed by atoms with Gasteiger partial charge in [0.2, 0.25) is 0 Å². The molecule has 144 valence electrons. The molecule has 0 saturated carbocycles. The third-order valence-corrected chi connectivity index (χ3v) is 4.74. The number of carbonyl (C=O) groups is 2. The van der Waals surface area contributed by atoms with Crippen molar-refractivity contribution in [2.24, 2.45) is 0 Å². The second-order valence-electron chi connectivity index (χ2n) is 6.66. The molecule has 2 aromatic carbocycles. The predicted octanol–water partition coefficient (Wildman–Crippen LogP) is 4.33. The van der Waals surface area contributed by atoms with Crippen LogP contribution in [0.4, 0.5) is 5.69 Å². The van der Waals surface area contributed by atoms with Gasteiger partial charge >= 0.3 is 5.97 Å². The summed E-state index contributed by atoms with van der Waals surface area (Å²) in [5, 5.41) is 12.2. The minimum absolute atomic E-state index is 0.0246. The summed E-state index contributed by atoms with van der Waals surface area (Å²) in [5.41, 5.74) is 3.23. The van der Waals surface area contributed by atoms with Gasteiger partial charge in [-0.15, -0.1) is 0 Å². The first-order valence-electron chi connectivity index (χ1n) is 9.09. The van der Waals surface area contributed by atoms with Crippen molar-refractivity contribution in [2.75, 3.05) is 11.9 Å². The third kappa shape index (κ3) is 4.01. The number of nitrogens with one attached hydrogen (secondary N) is 1. The highest BCUT2D eigenvalue weighted by molar-refractivity contribution is 6.08. The summed E-state index contributed by atoms with van der Waals surface area (Å²) < 4.78 is 5.24. The Labute approximate surface area is 167 Å². The second-order valence-corrected chi connectivity index (χ2v) is 6.66. The van der Waals surface area contributed by atoms with E-state index >= 15 is 0 Å². The van der Waals surface area contributed by atoms with Crippen LogP contribution in [0.5, 0.6) is 0 Å². The number of rotatable bonds is 5. The summed E-state index contributed by atoms with van der Waals surface area (Å²) in [6.07, 6.45) is 6.66. The molecule has 1 aliphatic rings. The Morgan fingerprint density at radius 2 is 1.86 bits per heavy atom. The molecule has 4 rings (SSSR count). The van der Waals surface area contributed by atoms with Gasteiger partial charge in [0, 0.05) is 23.9 Å². The van der Waals surface area contributed by atoms with Crippen molar-refractivity contribution >= 4 is 17.6 Å². The molecule has 1 amide bonds. The normalized spacial score (nSPS) is 15.0. The van der Waals surface area contributed by atoms with E-state index in [0.717, 1.165) is 16.7 Å². The Hall–Kier alpha value is -3.93. The van der Waals surface area contributed by atoms with Gasteiger partial charge in [-0.05, 0) is 35.4 Å². The molecule has 1 aliphatic heterocycles. The maximum atomic E-state index is 12.8. The zero-order valence-electron chi connectivity index (χ0n) is 15.4. The lowest BCUT2D eigenvalue weighted by atomic mass is 9.98. The number of anilines is 1. The number of carboxylic acid groups (broad SMARTS) is 1. The SMILES string of the molecule is O=C(Nc1cc(C2C=COC2)ccc1C(=O)O)c1cncc(-c2ccccc2)c1. The van der Waals surface area contributed by atoms with Crippen LogP contribution in [0, 0.1) is 0 Å². The van der Waals surface area contributed by atoms with Gasteiger partial charge in [-0.3, -0.25) is 9.78 Å². The Morgan fingerprint density at radius 1 is 1.03 bits per heavy atom. The maximum absolute atomic E-state index is 12.8. The molecule has 6 nitrogen and oxygen atoms in total. The number of aromatic carboxylic acids is 1. The Morgan fingerprint density at radius 3 is 2.59 bits per heavy atom. The summed E-state index contributed by atoms with van der Waals surface area (Å²) in [6.45, 7) is 0.489. The van der Waals surface area contributed by atoms with E-state index in [2.05, 4.69) is 10.3 Å². The molecular weight excluding hydrogens is 368 g/mol. The molecular formula is C23H18N2O4. The van der Waals surface area contributed by atoms with Crippen molar-refractivity contribution in [1.82, 2.24) is 4.98 Å². The molecule has 0 spiro atoms. The molecule has 1 unspecified atom stereocenters. The molecule has 0 fully saturated rings. The zero-order chi connectivity index (χ0) is 20.2. The first-order valence-corrected chi connectivity index (χ1v) is 9.09. The van der Waals surface area contributed by atoms with Gasteiger partial charge < -0.3 is 15.2 Å². The van der Waals surface area contributed by atoms with E-state index in [9.17, 15) is 14.7 Å². The smallest absolute Gasteiger partial charge is 0.337 e. The summed E-state index contributed by atoms with van der Waals surface area (Å²) in [6, 6.07) is 16.2. The minimum Gasteiger partial charge on any atom is -0.501 e. The van der Waals surface area contributed by atoms with Gasteiger partial charge in [-0.2, -0.15) is 0 Å². The van der Waals surface area contributed by atoms with Gasteiger partial charge in [0.05, 0.1) is 29.7 Å². The van der Waals surface area contributed by atoms with Crippen molar-refractivity contribution in [3.63, 3.8) is 0 Å². The van der Waals surface area contributed by atoms with E-state index in [1.165, 1.54) is 12.3 Å². The zero-order valence-corrected chi connectivity index (χ0v) is 15.4. The van der Waals surface area contributed by atoms with Crippen LogP contribution in [0.3, 0.4) is 0 Å². The molecule has 2 heterocycles. The van der Waals surface area contributed by atoms with Crippen LogP contribution >= 0.6 is 0 Å². The van der Waals surface area contributed by atoms with Gasteiger partial charge in [0.1, 0.15) is 0 Å². The van der Waals surface area contributed by atoms with Crippen LogP contribution < -0.4 is 5.32 Å². The van der Waals surface area contributed by atoms with Crippen molar-refractivity contribution in [2.45, 2.75) is 5.92 Å². The number of nitrogens with zero attached hydrogens (tertiary/aromatic N) is 1. The summed E-state index contributed by atoms with van der Waals surface area (Å²) in [4.78, 5) is 28.6. The number of hydrogen-bond acceptors (Lipinski definition) is 4. The van der Waals surface area contributed by atoms with Crippen LogP contribution in [0.15, 0.2) is 79.3 Å². The maximum Gasteiger partial charge on any atom is 0.337 e. The van der Waals surface area contributed by atoms with Gasteiger partial charge in [-0.1, -0.05) is 36.4 Å². The molecule has 6 heteroatoms. The Kier molecular flexibility index (Phi) is 5.07. The monoisotopic (exact) mass is 386 g/mol. The highest BCUT2D eigenvalue weighted by Crippen LogP contribution is 2.28. The van der Waals surface area contributed by atoms with Crippen LogP contribution in [0.25, 0.3) is 11.1 Å². The van der Waals surface area contributed by atoms with E-state index in [-0.39, 0.29) is 17.2 Å². The van der Waals surface area contributed by atoms with E-state index in [1.54, 1.807) is 30.7 Å². The Balaban J connectivity index is 1.63. The third-order valence-electron chi connectivity index (χ3n) is 4.74. The van der Waals surface area contributed by atoms with E-state index in [0.29, 0.717) is 12.2 Å². The minimum atomic E-state index is -1.11. The van der Waals surface area contributed by atoms with E-state index in [1.807, 2.05) is 36.4 Å². The number of ether oxygens (including phenoxy) is 1. The second kappa shape index (κ2) is 7.98. The number of amides is 1. The fraction of sp³-hybridized carbons (Fsp3) is 0.0870. The molecule has 1 atom stereocenters. The average Bonchev–Trinajstić information content (AvgIpc) is 3.29. The number of carbonyl (C=O) groups excluding carboxylic acids is 1. The lowest BCUT2D eigenvalue weighted by Gasteiger charge is -2.13. The lowest BCUT2D eigenvalue weighted by molar-refractivity contribution is 0.0698. The highest BCUT2D eigenvalue weighted by atomic mass is 16.5. The number of aromatic nitrogens is 1. The topological polar surface area (TPSA) is 88.5 Å². The quantitative estimate of drug-likeness (QED) is 0.681. The molecule has 3 aromatic rings. The van der Waals surface area contributed by atoms with Gasteiger partial charge in [-0.25, -0.2) is 4.79 Å². The average molecular weight is 386 g/mol. The first-order chi connectivity index (χ1) is 14.1. The molecule has 2 N–H and O–H groups in total. The summed E-state index contributed by atoms with van der Waals surface area (Å²) in [5.74, 6) is -1.51. The lowest BCUT2D eigenvalue weighted by Crippen LogP contribution is -2.16. The summed E-state index contributed by atoms with van der Waals surface area (Å²) >= 11 is 0. The molecule has 29 heavy (non-hydrogen) atoms. The van der Waals surface area contributed by atoms with Gasteiger partial charge in [0.25, 0.3) is 5.91 Å². The van der Waals surface area contributed by atoms with Crippen molar-refractivity contribution in [1.29, 1.82) is 0 Å². The molecule has 1 aromatic heterocycles. The van der Waals surface area contributed by atoms with Crippen LogP contribution in [0.2, 0.25) is 0 Å². The van der Waals surface area contributed by atoms with Crippen LogP contribution in [0.1, 0.15) is 32.2 Å². The highest BCUT2D eigenvalue weighted by Gasteiger charge is 2.19. The van der Waals surface area contributed by atoms with Crippen molar-refractivity contribution in [3.05, 3.63) is 96.0 Å². The molecule has 0 saturated heterocycles. The first kappa shape index (κ1) is 18.4. The molecule has 0 aliphatic carbocycles. The molecule has 0 bridgehead atoms. The molecule has 0 radical (unpaired) electrons. The fourth-order valence-corrected chi connectivity index (χ4v) is 3.20. The Bertz CT molecular complexity index is 1090. The number of carboxylic acids is 1. The largest absolute Gasteiger partial charge is 0.501 e. The van der Waals surface area contributed by atoms with E-state index < -0.39 is 11.9 Å². The number of benzene rings is 2. The van der Waals surface area contributed by atoms with Crippen LogP contribution in [-0.4, -0.2) is 28.6 Å². The predicted molar refractivity (Wildman–Crippen MR) is 109 cm³/mol.